The number of likely N-dealkylation sites (N-methyl/N-ethyl adjacent to an activating group) is 1. The van der Waals surface area contributed by atoms with Crippen LogP contribution in [0.3, 0.4) is 0 Å². The number of ether oxygens (including phenoxy) is 1. The Balaban J connectivity index is 1.75. The number of amides is 1. The lowest BCUT2D eigenvalue weighted by atomic mass is 10.1. The standard InChI is InChI=1S/C14H20N2O2/c1-16(13(17)14(11-15)7-8-14)9-10-18-12-5-3-2-4-6-12/h2-6H,7-11,15H2,1H3. The van der Waals surface area contributed by atoms with Crippen LogP contribution in [0.5, 0.6) is 5.75 Å². The van der Waals surface area contributed by atoms with Gasteiger partial charge in [-0.25, -0.2) is 0 Å². The minimum atomic E-state index is -0.262. The molecule has 18 heavy (non-hydrogen) atoms. The first-order valence-corrected chi connectivity index (χ1v) is 6.31. The molecule has 0 aliphatic heterocycles. The van der Waals surface area contributed by atoms with Crippen molar-refractivity contribution in [1.29, 1.82) is 0 Å². The van der Waals surface area contributed by atoms with E-state index in [9.17, 15) is 4.79 Å². The van der Waals surface area contributed by atoms with E-state index in [4.69, 9.17) is 10.5 Å². The predicted octanol–water partition coefficient (Wildman–Crippen LogP) is 1.26. The second-order valence-corrected chi connectivity index (χ2v) is 4.87. The Morgan fingerprint density at radius 3 is 2.61 bits per heavy atom. The van der Waals surface area contributed by atoms with Gasteiger partial charge in [-0.15, -0.1) is 0 Å². The van der Waals surface area contributed by atoms with E-state index in [2.05, 4.69) is 0 Å². The fraction of sp³-hybridized carbons (Fsp3) is 0.500. The van der Waals surface area contributed by atoms with Crippen molar-refractivity contribution in [3.05, 3.63) is 30.3 Å². The van der Waals surface area contributed by atoms with Gasteiger partial charge in [0.1, 0.15) is 12.4 Å². The highest BCUT2D eigenvalue weighted by Gasteiger charge is 2.49. The molecule has 4 nitrogen and oxygen atoms in total. The molecule has 0 bridgehead atoms. The minimum Gasteiger partial charge on any atom is -0.492 e. The van der Waals surface area contributed by atoms with Crippen molar-refractivity contribution < 1.29 is 9.53 Å². The van der Waals surface area contributed by atoms with Crippen molar-refractivity contribution in [2.45, 2.75) is 12.8 Å². The molecule has 2 N–H and O–H groups in total. The van der Waals surface area contributed by atoms with E-state index in [0.717, 1.165) is 18.6 Å². The van der Waals surface area contributed by atoms with Crippen LogP contribution in [0.25, 0.3) is 0 Å². The number of carbonyl (C=O) groups is 1. The van der Waals surface area contributed by atoms with E-state index in [0.29, 0.717) is 19.7 Å². The van der Waals surface area contributed by atoms with Crippen LogP contribution in [0, 0.1) is 5.41 Å². The fourth-order valence-electron chi connectivity index (χ4n) is 1.98. The number of nitrogens with two attached hydrogens (primary N) is 1. The van der Waals surface area contributed by atoms with Crippen LogP contribution >= 0.6 is 0 Å². The van der Waals surface area contributed by atoms with E-state index < -0.39 is 0 Å². The summed E-state index contributed by atoms with van der Waals surface area (Å²) < 4.78 is 5.57. The van der Waals surface area contributed by atoms with Gasteiger partial charge in [-0.3, -0.25) is 4.79 Å². The van der Waals surface area contributed by atoms with Gasteiger partial charge in [-0.05, 0) is 25.0 Å². The summed E-state index contributed by atoms with van der Waals surface area (Å²) in [6.45, 7) is 1.55. The summed E-state index contributed by atoms with van der Waals surface area (Å²) in [6, 6.07) is 9.62. The molecule has 1 aromatic carbocycles. The number of hydrogen-bond donors (Lipinski definition) is 1. The summed E-state index contributed by atoms with van der Waals surface area (Å²) in [5, 5.41) is 0. The molecule has 1 fully saturated rings. The summed E-state index contributed by atoms with van der Waals surface area (Å²) in [7, 11) is 1.81. The molecule has 1 aromatic rings. The molecule has 2 rings (SSSR count). The van der Waals surface area contributed by atoms with Gasteiger partial charge in [0, 0.05) is 13.6 Å². The van der Waals surface area contributed by atoms with Crippen LogP contribution < -0.4 is 10.5 Å². The van der Waals surface area contributed by atoms with E-state index in [1.165, 1.54) is 0 Å². The van der Waals surface area contributed by atoms with Crippen molar-refractivity contribution in [1.82, 2.24) is 4.90 Å². The maximum absolute atomic E-state index is 12.1. The molecule has 4 heteroatoms. The molecule has 1 aliphatic rings. The zero-order chi connectivity index (χ0) is 13.0. The largest absolute Gasteiger partial charge is 0.492 e. The highest BCUT2D eigenvalue weighted by molar-refractivity contribution is 5.85. The van der Waals surface area contributed by atoms with Crippen molar-refractivity contribution in [2.24, 2.45) is 11.1 Å². The van der Waals surface area contributed by atoms with Gasteiger partial charge in [-0.1, -0.05) is 18.2 Å². The molecule has 0 saturated heterocycles. The first kappa shape index (κ1) is 12.9. The highest BCUT2D eigenvalue weighted by Crippen LogP contribution is 2.45. The Bertz CT molecular complexity index is 402. The number of rotatable bonds is 6. The Morgan fingerprint density at radius 1 is 1.39 bits per heavy atom. The lowest BCUT2D eigenvalue weighted by Gasteiger charge is -2.22. The third-order valence-electron chi connectivity index (χ3n) is 3.48. The highest BCUT2D eigenvalue weighted by atomic mass is 16.5. The van der Waals surface area contributed by atoms with Crippen LogP contribution in [0.4, 0.5) is 0 Å². The number of carbonyl (C=O) groups excluding carboxylic acids is 1. The zero-order valence-electron chi connectivity index (χ0n) is 10.8. The topological polar surface area (TPSA) is 55.6 Å². The zero-order valence-corrected chi connectivity index (χ0v) is 10.8. The Labute approximate surface area is 108 Å². The van der Waals surface area contributed by atoms with E-state index in [1.807, 2.05) is 37.4 Å². The van der Waals surface area contributed by atoms with Crippen molar-refractivity contribution in [2.75, 3.05) is 26.7 Å². The monoisotopic (exact) mass is 248 g/mol. The second kappa shape index (κ2) is 5.40. The summed E-state index contributed by atoms with van der Waals surface area (Å²) in [4.78, 5) is 13.8. The maximum Gasteiger partial charge on any atom is 0.229 e. The summed E-state index contributed by atoms with van der Waals surface area (Å²) >= 11 is 0. The molecule has 0 aromatic heterocycles. The molecule has 1 amide bonds. The van der Waals surface area contributed by atoms with Crippen LogP contribution in [-0.4, -0.2) is 37.6 Å². The van der Waals surface area contributed by atoms with Crippen LogP contribution in [0.2, 0.25) is 0 Å². The van der Waals surface area contributed by atoms with Crippen LogP contribution in [0.15, 0.2) is 30.3 Å². The summed E-state index contributed by atoms with van der Waals surface area (Å²) in [5.74, 6) is 0.986. The predicted molar refractivity (Wildman–Crippen MR) is 70.3 cm³/mol. The van der Waals surface area contributed by atoms with Crippen molar-refractivity contribution in [3.63, 3.8) is 0 Å². The Kier molecular flexibility index (Phi) is 3.87. The molecule has 0 heterocycles. The molecule has 1 aliphatic carbocycles. The summed E-state index contributed by atoms with van der Waals surface area (Å²) in [6.07, 6.45) is 1.85. The van der Waals surface area contributed by atoms with Gasteiger partial charge in [0.2, 0.25) is 5.91 Å². The SMILES string of the molecule is CN(CCOc1ccccc1)C(=O)C1(CN)CC1. The molecule has 0 spiro atoms. The fourth-order valence-corrected chi connectivity index (χ4v) is 1.98. The Morgan fingerprint density at radius 2 is 2.06 bits per heavy atom. The number of hydrogen-bond acceptors (Lipinski definition) is 3. The molecule has 98 valence electrons. The van der Waals surface area contributed by atoms with E-state index in [-0.39, 0.29) is 11.3 Å². The molecule has 1 saturated carbocycles. The normalized spacial score (nSPS) is 16.1. The minimum absolute atomic E-state index is 0.154. The quantitative estimate of drug-likeness (QED) is 0.824. The van der Waals surface area contributed by atoms with Gasteiger partial charge in [0.15, 0.2) is 0 Å². The third-order valence-corrected chi connectivity index (χ3v) is 3.48. The molecular weight excluding hydrogens is 228 g/mol. The summed E-state index contributed by atoms with van der Waals surface area (Å²) in [5.41, 5.74) is 5.39. The average Bonchev–Trinajstić information content (AvgIpc) is 3.20. The van der Waals surface area contributed by atoms with Gasteiger partial charge in [0.25, 0.3) is 0 Å². The number of benzene rings is 1. The van der Waals surface area contributed by atoms with Gasteiger partial charge >= 0.3 is 0 Å². The average molecular weight is 248 g/mol. The maximum atomic E-state index is 12.1. The van der Waals surface area contributed by atoms with Gasteiger partial charge in [-0.2, -0.15) is 0 Å². The van der Waals surface area contributed by atoms with Crippen LogP contribution in [0.1, 0.15) is 12.8 Å². The number of para-hydroxylation sites is 1. The molecule has 0 radical (unpaired) electrons. The molecular formula is C14H20N2O2. The number of nitrogens with zero attached hydrogens (tertiary/aromatic N) is 1. The lowest BCUT2D eigenvalue weighted by molar-refractivity contribution is -0.135. The smallest absolute Gasteiger partial charge is 0.229 e. The van der Waals surface area contributed by atoms with Crippen molar-refractivity contribution >= 4 is 5.91 Å². The molecule has 0 atom stereocenters. The van der Waals surface area contributed by atoms with Crippen molar-refractivity contribution in [3.8, 4) is 5.75 Å². The van der Waals surface area contributed by atoms with E-state index >= 15 is 0 Å². The Hall–Kier alpha value is -1.55. The first-order valence-electron chi connectivity index (χ1n) is 6.31. The molecule has 0 unspecified atom stereocenters. The van der Waals surface area contributed by atoms with Gasteiger partial charge in [0.05, 0.1) is 12.0 Å². The van der Waals surface area contributed by atoms with E-state index in [1.54, 1.807) is 4.90 Å². The third kappa shape index (κ3) is 2.82. The lowest BCUT2D eigenvalue weighted by Crippen LogP contribution is -2.40. The van der Waals surface area contributed by atoms with Gasteiger partial charge < -0.3 is 15.4 Å². The second-order valence-electron chi connectivity index (χ2n) is 4.87. The first-order chi connectivity index (χ1) is 8.68. The van der Waals surface area contributed by atoms with Crippen LogP contribution in [-0.2, 0) is 4.79 Å².